The maximum Gasteiger partial charge on any atom is 0.410 e. The van der Waals surface area contributed by atoms with E-state index in [1.807, 2.05) is 63.3 Å². The van der Waals surface area contributed by atoms with Crippen molar-refractivity contribution in [2.45, 2.75) is 103 Å². The molecule has 11 heteroatoms. The Morgan fingerprint density at radius 3 is 2.58 bits per heavy atom. The Labute approximate surface area is 297 Å². The van der Waals surface area contributed by atoms with E-state index in [0.717, 1.165) is 17.8 Å². The van der Waals surface area contributed by atoms with Crippen molar-refractivity contribution in [3.63, 3.8) is 0 Å². The summed E-state index contributed by atoms with van der Waals surface area (Å²) in [5.41, 5.74) is 1.43. The van der Waals surface area contributed by atoms with Crippen molar-refractivity contribution >= 4 is 17.9 Å². The lowest BCUT2D eigenvalue weighted by atomic mass is 9.91. The normalized spacial score (nSPS) is 30.0. The number of nitrogens with zero attached hydrogens (tertiary/aromatic N) is 3. The van der Waals surface area contributed by atoms with Gasteiger partial charge in [-0.2, -0.15) is 0 Å². The van der Waals surface area contributed by atoms with Crippen molar-refractivity contribution in [2.24, 2.45) is 17.8 Å². The summed E-state index contributed by atoms with van der Waals surface area (Å²) < 4.78 is 23.3. The first-order valence-electron chi connectivity index (χ1n) is 18.0. The number of aromatic nitrogens is 1. The van der Waals surface area contributed by atoms with Crippen LogP contribution in [0.25, 0.3) is 0 Å². The second-order valence-electron chi connectivity index (χ2n) is 13.9. The molecule has 10 unspecified atom stereocenters. The molecule has 276 valence electrons. The highest BCUT2D eigenvalue weighted by Gasteiger charge is 2.50. The number of epoxide rings is 1. The van der Waals surface area contributed by atoms with Gasteiger partial charge in [0.2, 0.25) is 0 Å². The lowest BCUT2D eigenvalue weighted by molar-refractivity contribution is -0.151. The second kappa shape index (κ2) is 18.6. The first kappa shape index (κ1) is 39.3. The lowest BCUT2D eigenvalue weighted by Gasteiger charge is -2.35. The van der Waals surface area contributed by atoms with E-state index in [0.29, 0.717) is 38.2 Å². The molecule has 4 rings (SSSR count). The van der Waals surface area contributed by atoms with Crippen LogP contribution in [0.15, 0.2) is 72.5 Å². The van der Waals surface area contributed by atoms with E-state index < -0.39 is 36.5 Å². The maximum atomic E-state index is 13.3. The topological polar surface area (TPSA) is 134 Å². The Bertz CT molecular complexity index is 1350. The molecule has 0 saturated carbocycles. The third kappa shape index (κ3) is 10.7. The minimum atomic E-state index is -0.922. The zero-order chi connectivity index (χ0) is 36.4. The Kier molecular flexibility index (Phi) is 14.6. The molecule has 0 aliphatic carbocycles. The molecule has 4 heterocycles. The Morgan fingerprint density at radius 2 is 1.92 bits per heavy atom. The molecule has 2 saturated heterocycles. The highest BCUT2D eigenvalue weighted by molar-refractivity contribution is 5.70. The summed E-state index contributed by atoms with van der Waals surface area (Å²) in [5.74, 6) is 0.115. The first-order chi connectivity index (χ1) is 23.9. The molecule has 1 aromatic rings. The second-order valence-corrected chi connectivity index (χ2v) is 13.9. The summed E-state index contributed by atoms with van der Waals surface area (Å²) in [4.78, 5) is 34.4. The van der Waals surface area contributed by atoms with Crippen molar-refractivity contribution in [3.05, 3.63) is 72.5 Å². The molecule has 2 fully saturated rings. The molecule has 3 aliphatic heterocycles. The minimum absolute atomic E-state index is 0.0387. The number of allylic oxidation sites excluding steroid dienone is 2. The number of aliphatic hydroxyl groups excluding tert-OH is 2. The minimum Gasteiger partial charge on any atom is -0.457 e. The van der Waals surface area contributed by atoms with Gasteiger partial charge in [-0.3, -0.25) is 4.79 Å². The summed E-state index contributed by atoms with van der Waals surface area (Å²) in [5, 5.41) is 21.6. The Balaban J connectivity index is 1.40. The number of methoxy groups -OCH3 is 1. The monoisotopic (exact) mass is 695 g/mol. The third-order valence-corrected chi connectivity index (χ3v) is 10.1. The van der Waals surface area contributed by atoms with Crippen LogP contribution in [0, 0.1) is 17.8 Å². The number of pyridine rings is 1. The SMILES string of the molecule is C=C1CCC(O)CC(=O)OC(/C(C)=C/C=C/C(C)C(O)C2OC2C(C)C(CC)OC)C(C)/C=C/C1OC(=O)N1CCN(c2ccccn2)CC1. The number of carbonyl (C=O) groups is 2. The number of rotatable bonds is 11. The van der Waals surface area contributed by atoms with Crippen LogP contribution in [0.2, 0.25) is 0 Å². The van der Waals surface area contributed by atoms with Crippen molar-refractivity contribution in [1.29, 1.82) is 0 Å². The number of anilines is 1. The fraction of sp³-hybridized carbons (Fsp3) is 0.615. The number of hydrogen-bond donors (Lipinski definition) is 2. The maximum absolute atomic E-state index is 13.3. The van der Waals surface area contributed by atoms with Gasteiger partial charge in [0.15, 0.2) is 0 Å². The number of carbonyl (C=O) groups excluding carboxylic acids is 2. The number of hydrogen-bond acceptors (Lipinski definition) is 10. The van der Waals surface area contributed by atoms with Crippen LogP contribution in [0.5, 0.6) is 0 Å². The van der Waals surface area contributed by atoms with Crippen molar-refractivity contribution < 1.29 is 38.7 Å². The van der Waals surface area contributed by atoms with Crippen molar-refractivity contribution in [1.82, 2.24) is 9.88 Å². The summed E-state index contributed by atoms with van der Waals surface area (Å²) in [6.07, 6.45) is 8.95. The van der Waals surface area contributed by atoms with Gasteiger partial charge in [-0.05, 0) is 55.5 Å². The fourth-order valence-corrected chi connectivity index (χ4v) is 6.76. The highest BCUT2D eigenvalue weighted by Crippen LogP contribution is 2.37. The molecular weight excluding hydrogens is 638 g/mol. The van der Waals surface area contributed by atoms with Crippen LogP contribution in [0.3, 0.4) is 0 Å². The zero-order valence-electron chi connectivity index (χ0n) is 30.5. The molecule has 50 heavy (non-hydrogen) atoms. The summed E-state index contributed by atoms with van der Waals surface area (Å²) in [6.45, 7) is 16.4. The Hall–Kier alpha value is -3.51. The molecule has 0 bridgehead atoms. The highest BCUT2D eigenvalue weighted by atomic mass is 16.6. The van der Waals surface area contributed by atoms with E-state index in [1.165, 1.54) is 0 Å². The summed E-state index contributed by atoms with van der Waals surface area (Å²) in [7, 11) is 1.70. The third-order valence-electron chi connectivity index (χ3n) is 10.1. The van der Waals surface area contributed by atoms with Crippen LogP contribution < -0.4 is 4.90 Å². The average molecular weight is 696 g/mol. The van der Waals surface area contributed by atoms with Gasteiger partial charge in [0.25, 0.3) is 0 Å². The van der Waals surface area contributed by atoms with E-state index in [2.05, 4.69) is 30.3 Å². The van der Waals surface area contributed by atoms with Gasteiger partial charge < -0.3 is 39.0 Å². The zero-order valence-corrected chi connectivity index (χ0v) is 30.5. The molecule has 0 spiro atoms. The average Bonchev–Trinajstić information content (AvgIpc) is 3.92. The summed E-state index contributed by atoms with van der Waals surface area (Å²) in [6, 6.07) is 5.78. The number of ether oxygens (including phenoxy) is 4. The number of cyclic esters (lactones) is 1. The van der Waals surface area contributed by atoms with E-state index in [-0.39, 0.29) is 48.9 Å². The number of aliphatic hydroxyl groups is 2. The van der Waals surface area contributed by atoms with Crippen molar-refractivity contribution in [3.8, 4) is 0 Å². The quantitative estimate of drug-likeness (QED) is 0.137. The van der Waals surface area contributed by atoms with E-state index in [1.54, 1.807) is 24.3 Å². The molecule has 10 atom stereocenters. The van der Waals surface area contributed by atoms with Crippen LogP contribution in [-0.4, -0.2) is 108 Å². The Morgan fingerprint density at radius 1 is 1.18 bits per heavy atom. The molecule has 0 aromatic carbocycles. The molecule has 0 radical (unpaired) electrons. The predicted molar refractivity (Wildman–Crippen MR) is 192 cm³/mol. The first-order valence-corrected chi connectivity index (χ1v) is 18.0. The standard InChI is InChI=1S/C39H57N3O8/c1-8-31(47-7)29(6)37-38(50-37)35(45)26(3)12-11-13-27(4)36-28(5)16-18-32(25(2)15-17-30(43)24-34(44)49-36)48-39(46)42-22-20-41(21-23-42)33-14-9-10-19-40-33/h9-14,16,18-19,26,28-32,35-38,43,45H,2,8,15,17,20-24H2,1,3-7H3/b12-11+,18-16+,27-13+. The van der Waals surface area contributed by atoms with E-state index in [4.69, 9.17) is 18.9 Å². The van der Waals surface area contributed by atoms with E-state index >= 15 is 0 Å². The molecule has 11 nitrogen and oxygen atoms in total. The summed E-state index contributed by atoms with van der Waals surface area (Å²) >= 11 is 0. The molecular formula is C39H57N3O8. The van der Waals surface area contributed by atoms with Crippen LogP contribution in [0.4, 0.5) is 10.6 Å². The number of piperazine rings is 1. The van der Waals surface area contributed by atoms with Gasteiger partial charge in [-0.25, -0.2) is 9.78 Å². The van der Waals surface area contributed by atoms with Gasteiger partial charge >= 0.3 is 12.1 Å². The molecule has 1 aromatic heterocycles. The van der Waals surface area contributed by atoms with Gasteiger partial charge in [0.05, 0.1) is 30.8 Å². The van der Waals surface area contributed by atoms with Crippen molar-refractivity contribution in [2.75, 3.05) is 38.2 Å². The van der Waals surface area contributed by atoms with Gasteiger partial charge in [-0.15, -0.1) is 0 Å². The van der Waals surface area contributed by atoms with E-state index in [9.17, 15) is 19.8 Å². The van der Waals surface area contributed by atoms with Gasteiger partial charge in [-0.1, -0.05) is 64.6 Å². The fourth-order valence-electron chi connectivity index (χ4n) is 6.76. The largest absolute Gasteiger partial charge is 0.457 e. The molecule has 3 aliphatic rings. The smallest absolute Gasteiger partial charge is 0.410 e. The predicted octanol–water partition coefficient (Wildman–Crippen LogP) is 5.24. The van der Waals surface area contributed by atoms with Gasteiger partial charge in [0, 0.05) is 57.2 Å². The van der Waals surface area contributed by atoms with Crippen LogP contribution >= 0.6 is 0 Å². The lowest BCUT2D eigenvalue weighted by Crippen LogP contribution is -2.49. The van der Waals surface area contributed by atoms with Crippen LogP contribution in [-0.2, 0) is 23.7 Å². The molecule has 2 N–H and O–H groups in total. The number of amides is 1. The molecule has 1 amide bonds. The van der Waals surface area contributed by atoms with Gasteiger partial charge in [0.1, 0.15) is 24.1 Å². The van der Waals surface area contributed by atoms with Crippen LogP contribution in [0.1, 0.15) is 60.3 Å². The number of esters is 1.